The summed E-state index contributed by atoms with van der Waals surface area (Å²) in [5, 5.41) is 3.12. The first kappa shape index (κ1) is 26.2. The van der Waals surface area contributed by atoms with E-state index in [1.807, 2.05) is 70.7 Å². The van der Waals surface area contributed by atoms with Crippen molar-refractivity contribution in [3.63, 3.8) is 0 Å². The minimum Gasteiger partial charge on any atom is -0.354 e. The molecular formula is C26H46N2O2. The van der Waals surface area contributed by atoms with Gasteiger partial charge in [-0.3, -0.25) is 9.59 Å². The van der Waals surface area contributed by atoms with Gasteiger partial charge in [0.1, 0.15) is 6.04 Å². The summed E-state index contributed by atoms with van der Waals surface area (Å²) in [6.45, 7) is 14.9. The Balaban J connectivity index is 0.00000291. The SMILES string of the molecule is CC.CCCCNC(=O)C(C1CCCCC1)N(C(=O)c1ccccc1C)C(C)(C)C.[HH]. The molecule has 2 rings (SSSR count). The monoisotopic (exact) mass is 418 g/mol. The lowest BCUT2D eigenvalue weighted by molar-refractivity contribution is -0.130. The molecule has 0 aromatic heterocycles. The molecule has 1 fully saturated rings. The number of rotatable bonds is 7. The summed E-state index contributed by atoms with van der Waals surface area (Å²) >= 11 is 0. The molecule has 1 aromatic carbocycles. The van der Waals surface area contributed by atoms with Gasteiger partial charge < -0.3 is 10.2 Å². The lowest BCUT2D eigenvalue weighted by Gasteiger charge is -2.45. The predicted molar refractivity (Wildman–Crippen MR) is 129 cm³/mol. The molecule has 1 aromatic rings. The van der Waals surface area contributed by atoms with Gasteiger partial charge in [-0.15, -0.1) is 0 Å². The van der Waals surface area contributed by atoms with Gasteiger partial charge in [-0.05, 0) is 64.5 Å². The highest BCUT2D eigenvalue weighted by Gasteiger charge is 2.42. The second kappa shape index (κ2) is 12.8. The van der Waals surface area contributed by atoms with Crippen molar-refractivity contribution in [3.05, 3.63) is 35.4 Å². The van der Waals surface area contributed by atoms with E-state index < -0.39 is 11.6 Å². The highest BCUT2D eigenvalue weighted by molar-refractivity contribution is 5.99. The minimum atomic E-state index is -0.441. The Kier molecular flexibility index (Phi) is 11.1. The molecule has 0 radical (unpaired) electrons. The van der Waals surface area contributed by atoms with E-state index in [1.54, 1.807) is 0 Å². The standard InChI is InChI=1S/C24H38N2O2.C2H6.H2/c1-6-7-17-25-22(27)21(19-14-9-8-10-15-19)26(24(3,4)5)23(28)20-16-12-11-13-18(20)2;1-2;/h11-13,16,19,21H,6-10,14-15,17H2,1-5H3,(H,25,27);1-2H3;1H. The molecule has 0 saturated heterocycles. The minimum absolute atomic E-state index is 0. The summed E-state index contributed by atoms with van der Waals surface area (Å²) in [6.07, 6.45) is 7.53. The first-order valence-corrected chi connectivity index (χ1v) is 11.9. The van der Waals surface area contributed by atoms with E-state index in [2.05, 4.69) is 12.2 Å². The van der Waals surface area contributed by atoms with E-state index in [4.69, 9.17) is 0 Å². The molecule has 1 N–H and O–H groups in total. The number of hydrogen-bond donors (Lipinski definition) is 1. The van der Waals surface area contributed by atoms with Crippen LogP contribution in [0, 0.1) is 12.8 Å². The summed E-state index contributed by atoms with van der Waals surface area (Å²) in [5.41, 5.74) is 1.21. The smallest absolute Gasteiger partial charge is 0.255 e. The van der Waals surface area contributed by atoms with Crippen LogP contribution in [0.2, 0.25) is 0 Å². The van der Waals surface area contributed by atoms with Crippen molar-refractivity contribution in [2.24, 2.45) is 5.92 Å². The van der Waals surface area contributed by atoms with Crippen LogP contribution in [0.15, 0.2) is 24.3 Å². The van der Waals surface area contributed by atoms with Crippen molar-refractivity contribution in [2.75, 3.05) is 6.54 Å². The van der Waals surface area contributed by atoms with Crippen molar-refractivity contribution < 1.29 is 11.0 Å². The van der Waals surface area contributed by atoms with Gasteiger partial charge in [-0.2, -0.15) is 0 Å². The Morgan fingerprint density at radius 1 is 1.13 bits per heavy atom. The first-order chi connectivity index (χ1) is 14.3. The molecule has 1 atom stereocenters. The topological polar surface area (TPSA) is 49.4 Å². The van der Waals surface area contributed by atoms with Gasteiger partial charge in [-0.1, -0.05) is 64.7 Å². The van der Waals surface area contributed by atoms with E-state index in [0.717, 1.165) is 44.1 Å². The van der Waals surface area contributed by atoms with Crippen molar-refractivity contribution in [1.82, 2.24) is 10.2 Å². The molecule has 1 saturated carbocycles. The fourth-order valence-electron chi connectivity index (χ4n) is 4.28. The van der Waals surface area contributed by atoms with Gasteiger partial charge in [-0.25, -0.2) is 0 Å². The molecule has 1 aliphatic carbocycles. The molecule has 0 heterocycles. The van der Waals surface area contributed by atoms with Crippen molar-refractivity contribution in [2.45, 2.75) is 105 Å². The van der Waals surface area contributed by atoms with E-state index in [-0.39, 0.29) is 19.2 Å². The highest BCUT2D eigenvalue weighted by atomic mass is 16.2. The summed E-state index contributed by atoms with van der Waals surface area (Å²) in [5.74, 6) is 0.201. The van der Waals surface area contributed by atoms with Crippen LogP contribution in [0.25, 0.3) is 0 Å². The molecule has 0 spiro atoms. The maximum absolute atomic E-state index is 13.7. The molecule has 1 unspecified atom stereocenters. The van der Waals surface area contributed by atoms with Gasteiger partial charge >= 0.3 is 0 Å². The van der Waals surface area contributed by atoms with Crippen LogP contribution in [0.3, 0.4) is 0 Å². The number of aryl methyl sites for hydroxylation is 1. The van der Waals surface area contributed by atoms with Gasteiger partial charge in [0.2, 0.25) is 5.91 Å². The molecule has 0 aliphatic heterocycles. The Morgan fingerprint density at radius 2 is 1.73 bits per heavy atom. The zero-order chi connectivity index (χ0) is 22.7. The Labute approximate surface area is 186 Å². The van der Waals surface area contributed by atoms with E-state index >= 15 is 0 Å². The quantitative estimate of drug-likeness (QED) is 0.523. The molecule has 4 nitrogen and oxygen atoms in total. The Morgan fingerprint density at radius 3 is 2.27 bits per heavy atom. The van der Waals surface area contributed by atoms with Gasteiger partial charge in [0.15, 0.2) is 0 Å². The van der Waals surface area contributed by atoms with Gasteiger partial charge in [0, 0.05) is 19.1 Å². The number of nitrogens with zero attached hydrogens (tertiary/aromatic N) is 1. The average Bonchev–Trinajstić information content (AvgIpc) is 2.73. The zero-order valence-electron chi connectivity index (χ0n) is 20.4. The Hall–Kier alpha value is -1.84. The summed E-state index contributed by atoms with van der Waals surface area (Å²) in [6, 6.07) is 7.28. The fraction of sp³-hybridized carbons (Fsp3) is 0.692. The maximum Gasteiger partial charge on any atom is 0.255 e. The number of carbonyl (C=O) groups is 2. The highest BCUT2D eigenvalue weighted by Crippen LogP contribution is 2.33. The van der Waals surface area contributed by atoms with Gasteiger partial charge in [0.05, 0.1) is 0 Å². The van der Waals surface area contributed by atoms with Crippen molar-refractivity contribution >= 4 is 11.8 Å². The van der Waals surface area contributed by atoms with E-state index in [1.165, 1.54) is 6.42 Å². The number of nitrogens with one attached hydrogen (secondary N) is 1. The Bertz CT molecular complexity index is 664. The second-order valence-corrected chi connectivity index (χ2v) is 9.15. The lowest BCUT2D eigenvalue weighted by Crippen LogP contribution is -2.60. The number of amides is 2. The second-order valence-electron chi connectivity index (χ2n) is 9.15. The number of hydrogen-bond acceptors (Lipinski definition) is 2. The summed E-state index contributed by atoms with van der Waals surface area (Å²) in [7, 11) is 0. The fourth-order valence-corrected chi connectivity index (χ4v) is 4.28. The largest absolute Gasteiger partial charge is 0.354 e. The number of unbranched alkanes of at least 4 members (excludes halogenated alkanes) is 1. The third-order valence-corrected chi connectivity index (χ3v) is 5.79. The van der Waals surface area contributed by atoms with Crippen LogP contribution in [-0.4, -0.2) is 34.8 Å². The zero-order valence-corrected chi connectivity index (χ0v) is 20.4. The van der Waals surface area contributed by atoms with Crippen molar-refractivity contribution in [1.29, 1.82) is 0 Å². The average molecular weight is 419 g/mol. The van der Waals surface area contributed by atoms with Crippen molar-refractivity contribution in [3.8, 4) is 0 Å². The summed E-state index contributed by atoms with van der Waals surface area (Å²) < 4.78 is 0. The summed E-state index contributed by atoms with van der Waals surface area (Å²) in [4.78, 5) is 28.9. The van der Waals surface area contributed by atoms with Crippen LogP contribution in [-0.2, 0) is 4.79 Å². The lowest BCUT2D eigenvalue weighted by atomic mass is 9.81. The number of carbonyl (C=O) groups excluding carboxylic acids is 2. The van der Waals surface area contributed by atoms with Crippen LogP contribution in [0.4, 0.5) is 0 Å². The maximum atomic E-state index is 13.7. The van der Waals surface area contributed by atoms with Crippen LogP contribution in [0.1, 0.15) is 104 Å². The van der Waals surface area contributed by atoms with Crippen LogP contribution >= 0.6 is 0 Å². The molecule has 172 valence electrons. The normalized spacial score (nSPS) is 15.6. The van der Waals surface area contributed by atoms with Crippen LogP contribution in [0.5, 0.6) is 0 Å². The molecular weight excluding hydrogens is 372 g/mol. The first-order valence-electron chi connectivity index (χ1n) is 11.9. The predicted octanol–water partition coefficient (Wildman–Crippen LogP) is 6.37. The third-order valence-electron chi connectivity index (χ3n) is 5.79. The van der Waals surface area contributed by atoms with E-state index in [0.29, 0.717) is 12.1 Å². The van der Waals surface area contributed by atoms with Crippen LogP contribution < -0.4 is 5.32 Å². The molecule has 2 amide bonds. The molecule has 0 bridgehead atoms. The number of benzene rings is 1. The molecule has 4 heteroatoms. The molecule has 30 heavy (non-hydrogen) atoms. The molecule has 1 aliphatic rings. The third kappa shape index (κ3) is 7.14. The van der Waals surface area contributed by atoms with Gasteiger partial charge in [0.25, 0.3) is 5.91 Å². The van der Waals surface area contributed by atoms with E-state index in [9.17, 15) is 9.59 Å².